The van der Waals surface area contributed by atoms with Crippen LogP contribution in [0, 0.1) is 0 Å². The number of hydrogen-bond donors (Lipinski definition) is 1. The second-order valence-electron chi connectivity index (χ2n) is 6.79. The van der Waals surface area contributed by atoms with Crippen molar-refractivity contribution in [3.63, 3.8) is 0 Å². The van der Waals surface area contributed by atoms with Crippen LogP contribution >= 0.6 is 0 Å². The Kier molecular flexibility index (Phi) is 5.63. The highest BCUT2D eigenvalue weighted by Crippen LogP contribution is 2.36. The average Bonchev–Trinajstić information content (AvgIpc) is 2.69. The molecule has 1 aliphatic heterocycles. The van der Waals surface area contributed by atoms with Crippen molar-refractivity contribution in [2.24, 2.45) is 0 Å². The van der Waals surface area contributed by atoms with Crippen LogP contribution in [-0.2, 0) is 14.8 Å². The maximum absolute atomic E-state index is 12.6. The molecule has 0 saturated heterocycles. The molecule has 0 fully saturated rings. The predicted octanol–water partition coefficient (Wildman–Crippen LogP) is 2.32. The molecule has 29 heavy (non-hydrogen) atoms. The highest BCUT2D eigenvalue weighted by molar-refractivity contribution is 7.89. The van der Waals surface area contributed by atoms with Gasteiger partial charge in [0.25, 0.3) is 11.8 Å². The Labute approximate surface area is 170 Å². The van der Waals surface area contributed by atoms with E-state index in [0.29, 0.717) is 29.2 Å². The van der Waals surface area contributed by atoms with E-state index in [9.17, 15) is 18.0 Å². The molecule has 3 rings (SSSR count). The number of ether oxygens (including phenoxy) is 1. The number of carbonyl (C=O) groups is 2. The van der Waals surface area contributed by atoms with Crippen molar-refractivity contribution in [2.45, 2.75) is 24.8 Å². The van der Waals surface area contributed by atoms with E-state index >= 15 is 0 Å². The van der Waals surface area contributed by atoms with Gasteiger partial charge in [-0.15, -0.1) is 0 Å². The smallest absolute Gasteiger partial charge is 0.267 e. The fourth-order valence-corrected chi connectivity index (χ4v) is 3.90. The van der Waals surface area contributed by atoms with Crippen LogP contribution in [0.5, 0.6) is 5.75 Å². The number of carbonyl (C=O) groups excluding carboxylic acids is 2. The van der Waals surface area contributed by atoms with Gasteiger partial charge in [0.05, 0.1) is 10.6 Å². The molecular weight excluding hydrogens is 394 g/mol. The summed E-state index contributed by atoms with van der Waals surface area (Å²) in [6.45, 7) is 4.05. The molecule has 0 radical (unpaired) electrons. The molecule has 2 aromatic rings. The predicted molar refractivity (Wildman–Crippen MR) is 110 cm³/mol. The van der Waals surface area contributed by atoms with Crippen LogP contribution in [-0.4, -0.2) is 51.3 Å². The van der Waals surface area contributed by atoms with Crippen LogP contribution in [0.1, 0.15) is 24.2 Å². The third-order valence-electron chi connectivity index (χ3n) is 4.64. The molecule has 154 valence electrons. The lowest BCUT2D eigenvalue weighted by Crippen LogP contribution is -2.44. The lowest BCUT2D eigenvalue weighted by atomic mass is 10.1. The number of nitrogens with zero attached hydrogens (tertiary/aromatic N) is 2. The minimum atomic E-state index is -3.56. The summed E-state index contributed by atoms with van der Waals surface area (Å²) in [5.74, 6) is 0.0505. The maximum atomic E-state index is 12.6. The molecular formula is C20H23N3O5S. The number of hydrogen-bond acceptors (Lipinski definition) is 5. The molecule has 1 aliphatic rings. The van der Waals surface area contributed by atoms with E-state index in [2.05, 4.69) is 5.32 Å². The fraction of sp³-hybridized carbons (Fsp3) is 0.300. The highest BCUT2D eigenvalue weighted by Gasteiger charge is 2.30. The standard InChI is InChI=1S/C20H23N3O5S/c1-5-23-17-12-15(8-11-18(17)28-13(2)20(23)25)21-19(24)14-6-9-16(10-7-14)29(26,27)22(3)4/h6-13H,5H2,1-4H3,(H,21,24). The van der Waals surface area contributed by atoms with E-state index in [1.165, 1.54) is 38.4 Å². The van der Waals surface area contributed by atoms with E-state index in [-0.39, 0.29) is 10.8 Å². The molecule has 2 amide bonds. The summed E-state index contributed by atoms with van der Waals surface area (Å²) in [4.78, 5) is 26.6. The lowest BCUT2D eigenvalue weighted by molar-refractivity contribution is -0.125. The van der Waals surface area contributed by atoms with Gasteiger partial charge in [0, 0.05) is 31.9 Å². The Morgan fingerprint density at radius 1 is 1.17 bits per heavy atom. The molecule has 1 N–H and O–H groups in total. The van der Waals surface area contributed by atoms with Gasteiger partial charge in [0.15, 0.2) is 6.10 Å². The molecule has 1 atom stereocenters. The molecule has 8 nitrogen and oxygen atoms in total. The zero-order valence-corrected chi connectivity index (χ0v) is 17.5. The summed E-state index contributed by atoms with van der Waals surface area (Å²) in [6, 6.07) is 10.8. The number of rotatable bonds is 5. The van der Waals surface area contributed by atoms with Gasteiger partial charge >= 0.3 is 0 Å². The van der Waals surface area contributed by atoms with Crippen molar-refractivity contribution in [3.05, 3.63) is 48.0 Å². The molecule has 1 unspecified atom stereocenters. The van der Waals surface area contributed by atoms with Crippen molar-refractivity contribution >= 4 is 33.2 Å². The molecule has 0 aromatic heterocycles. The largest absolute Gasteiger partial charge is 0.479 e. The molecule has 2 aromatic carbocycles. The number of sulfonamides is 1. The lowest BCUT2D eigenvalue weighted by Gasteiger charge is -2.32. The third kappa shape index (κ3) is 3.96. The van der Waals surface area contributed by atoms with Gasteiger partial charge in [-0.2, -0.15) is 0 Å². The molecule has 9 heteroatoms. The Bertz CT molecular complexity index is 1050. The van der Waals surface area contributed by atoms with Crippen LogP contribution in [0.3, 0.4) is 0 Å². The molecule has 0 aliphatic carbocycles. The fourth-order valence-electron chi connectivity index (χ4n) is 3.00. The van der Waals surface area contributed by atoms with Crippen molar-refractivity contribution in [1.82, 2.24) is 4.31 Å². The normalized spacial score (nSPS) is 16.4. The van der Waals surface area contributed by atoms with Crippen molar-refractivity contribution in [3.8, 4) is 5.75 Å². The summed E-state index contributed by atoms with van der Waals surface area (Å²) in [5, 5.41) is 2.77. The SMILES string of the molecule is CCN1C(=O)C(C)Oc2ccc(NC(=O)c3ccc(S(=O)(=O)N(C)C)cc3)cc21. The number of likely N-dealkylation sites (N-methyl/N-ethyl adjacent to an activating group) is 1. The monoisotopic (exact) mass is 417 g/mol. The Morgan fingerprint density at radius 3 is 2.41 bits per heavy atom. The van der Waals surface area contributed by atoms with E-state index in [0.717, 1.165) is 4.31 Å². The number of anilines is 2. The maximum Gasteiger partial charge on any atom is 0.267 e. The Hall–Kier alpha value is -2.91. The van der Waals surface area contributed by atoms with Crippen molar-refractivity contribution in [2.75, 3.05) is 30.9 Å². The van der Waals surface area contributed by atoms with Gasteiger partial charge in [-0.25, -0.2) is 12.7 Å². The first kappa shape index (κ1) is 20.8. The molecule has 0 spiro atoms. The first-order valence-corrected chi connectivity index (χ1v) is 10.5. The van der Waals surface area contributed by atoms with Crippen LogP contribution in [0.15, 0.2) is 47.4 Å². The number of amides is 2. The van der Waals surface area contributed by atoms with Gasteiger partial charge in [-0.1, -0.05) is 0 Å². The Balaban J connectivity index is 1.81. The van der Waals surface area contributed by atoms with Crippen LogP contribution in [0.2, 0.25) is 0 Å². The zero-order valence-electron chi connectivity index (χ0n) is 16.7. The summed E-state index contributed by atoms with van der Waals surface area (Å²) < 4.78 is 31.0. The number of fused-ring (bicyclic) bond motifs is 1. The van der Waals surface area contributed by atoms with Crippen LogP contribution < -0.4 is 15.0 Å². The van der Waals surface area contributed by atoms with Gasteiger partial charge < -0.3 is 15.0 Å². The molecule has 1 heterocycles. The second kappa shape index (κ2) is 7.84. The van der Waals surface area contributed by atoms with E-state index in [1.54, 1.807) is 30.0 Å². The highest BCUT2D eigenvalue weighted by atomic mass is 32.2. The average molecular weight is 417 g/mol. The van der Waals surface area contributed by atoms with Gasteiger partial charge in [-0.05, 0) is 56.3 Å². The molecule has 0 saturated carbocycles. The first-order valence-electron chi connectivity index (χ1n) is 9.11. The van der Waals surface area contributed by atoms with Gasteiger partial charge in [0.1, 0.15) is 5.75 Å². The van der Waals surface area contributed by atoms with E-state index in [1.807, 2.05) is 6.92 Å². The summed E-state index contributed by atoms with van der Waals surface area (Å²) in [5.41, 5.74) is 1.41. The zero-order chi connectivity index (χ0) is 21.3. The molecule has 0 bridgehead atoms. The number of benzene rings is 2. The summed E-state index contributed by atoms with van der Waals surface area (Å²) in [6.07, 6.45) is -0.556. The first-order chi connectivity index (χ1) is 13.6. The van der Waals surface area contributed by atoms with Gasteiger partial charge in [-0.3, -0.25) is 9.59 Å². The minimum absolute atomic E-state index is 0.108. The van der Waals surface area contributed by atoms with E-state index < -0.39 is 22.0 Å². The topological polar surface area (TPSA) is 96.0 Å². The van der Waals surface area contributed by atoms with Crippen LogP contribution in [0.4, 0.5) is 11.4 Å². The van der Waals surface area contributed by atoms with Crippen molar-refractivity contribution < 1.29 is 22.7 Å². The third-order valence-corrected chi connectivity index (χ3v) is 6.47. The van der Waals surface area contributed by atoms with Crippen molar-refractivity contribution in [1.29, 1.82) is 0 Å². The summed E-state index contributed by atoms with van der Waals surface area (Å²) >= 11 is 0. The number of nitrogens with one attached hydrogen (secondary N) is 1. The minimum Gasteiger partial charge on any atom is -0.479 e. The van der Waals surface area contributed by atoms with Gasteiger partial charge in [0.2, 0.25) is 10.0 Å². The second-order valence-corrected chi connectivity index (χ2v) is 8.94. The Morgan fingerprint density at radius 2 is 1.83 bits per heavy atom. The van der Waals surface area contributed by atoms with Crippen LogP contribution in [0.25, 0.3) is 0 Å². The summed E-state index contributed by atoms with van der Waals surface area (Å²) in [7, 11) is -0.667. The van der Waals surface area contributed by atoms with E-state index in [4.69, 9.17) is 4.74 Å². The quantitative estimate of drug-likeness (QED) is 0.806.